The van der Waals surface area contributed by atoms with Crippen LogP contribution in [0, 0.1) is 0 Å². The molecule has 0 saturated carbocycles. The fraction of sp³-hybridized carbons (Fsp3) is 0.118. The normalized spacial score (nSPS) is 11.4. The van der Waals surface area contributed by atoms with Crippen molar-refractivity contribution in [1.29, 1.82) is 0 Å². The first-order valence-corrected chi connectivity index (χ1v) is 9.49. The molecule has 0 spiro atoms. The van der Waals surface area contributed by atoms with Crippen molar-refractivity contribution in [2.45, 2.75) is 11.5 Å². The highest BCUT2D eigenvalue weighted by atomic mass is 35.5. The molecular formula is C17H15ClN2O4S. The van der Waals surface area contributed by atoms with E-state index in [9.17, 15) is 8.42 Å². The summed E-state index contributed by atoms with van der Waals surface area (Å²) < 4.78 is 34.6. The monoisotopic (exact) mass is 378 g/mol. The van der Waals surface area contributed by atoms with Gasteiger partial charge in [0.05, 0.1) is 4.90 Å². The average Bonchev–Trinajstić information content (AvgIpc) is 3.06. The highest BCUT2D eigenvalue weighted by Crippen LogP contribution is 2.26. The molecule has 0 aliphatic carbocycles. The maximum Gasteiger partial charge on any atom is 0.192 e. The van der Waals surface area contributed by atoms with Crippen LogP contribution in [0.2, 0.25) is 0 Å². The molecule has 130 valence electrons. The number of aromatic nitrogens is 1. The number of benzene rings is 2. The summed E-state index contributed by atoms with van der Waals surface area (Å²) in [6.45, 7) is 0.109. The van der Waals surface area contributed by atoms with Crippen molar-refractivity contribution in [2.24, 2.45) is 0 Å². The molecule has 0 amide bonds. The Morgan fingerprint density at radius 1 is 1.12 bits per heavy atom. The van der Waals surface area contributed by atoms with E-state index in [2.05, 4.69) is 5.16 Å². The standard InChI is InChI=1S/C17H15ClN2O4S/c18-11-25(21,22)16-4-2-1-3-13(16)9-23-14-7-5-12(6-8-14)17-15(19)10-24-20-17/h1-8,10H,9,11,19H2. The predicted molar refractivity (Wildman–Crippen MR) is 95.0 cm³/mol. The van der Waals surface area contributed by atoms with E-state index < -0.39 is 15.0 Å². The molecule has 2 N–H and O–H groups in total. The summed E-state index contributed by atoms with van der Waals surface area (Å²) in [7, 11) is -3.52. The molecule has 6 nitrogen and oxygen atoms in total. The summed E-state index contributed by atoms with van der Waals surface area (Å²) in [5.41, 5.74) is 8.12. The number of rotatable bonds is 6. The van der Waals surface area contributed by atoms with Crippen LogP contribution in [-0.2, 0) is 16.4 Å². The van der Waals surface area contributed by atoms with Crippen molar-refractivity contribution in [3.05, 3.63) is 60.4 Å². The van der Waals surface area contributed by atoms with Gasteiger partial charge >= 0.3 is 0 Å². The van der Waals surface area contributed by atoms with E-state index in [1.165, 1.54) is 12.3 Å². The van der Waals surface area contributed by atoms with Gasteiger partial charge in [-0.15, -0.1) is 11.6 Å². The molecule has 0 fully saturated rings. The van der Waals surface area contributed by atoms with Crippen LogP contribution >= 0.6 is 11.6 Å². The van der Waals surface area contributed by atoms with Crippen LogP contribution < -0.4 is 10.5 Å². The van der Waals surface area contributed by atoms with Gasteiger partial charge in [0.2, 0.25) is 0 Å². The molecule has 0 bridgehead atoms. The molecular weight excluding hydrogens is 364 g/mol. The number of nitrogens with two attached hydrogens (primary N) is 1. The summed E-state index contributed by atoms with van der Waals surface area (Å²) in [6, 6.07) is 13.7. The molecule has 25 heavy (non-hydrogen) atoms. The molecule has 2 aromatic carbocycles. The topological polar surface area (TPSA) is 95.4 Å². The lowest BCUT2D eigenvalue weighted by molar-refractivity contribution is 0.303. The molecule has 0 radical (unpaired) electrons. The Balaban J connectivity index is 1.76. The number of alkyl halides is 1. The zero-order valence-corrected chi connectivity index (χ0v) is 14.6. The second-order valence-electron chi connectivity index (χ2n) is 5.26. The van der Waals surface area contributed by atoms with E-state index in [-0.39, 0.29) is 11.5 Å². The highest BCUT2D eigenvalue weighted by Gasteiger charge is 2.17. The number of ether oxygens (including phenoxy) is 1. The maximum atomic E-state index is 12.0. The lowest BCUT2D eigenvalue weighted by atomic mass is 10.1. The molecule has 8 heteroatoms. The van der Waals surface area contributed by atoms with E-state index >= 15 is 0 Å². The Morgan fingerprint density at radius 2 is 1.84 bits per heavy atom. The molecule has 3 aromatic rings. The van der Waals surface area contributed by atoms with Gasteiger partial charge in [0.25, 0.3) is 0 Å². The van der Waals surface area contributed by atoms with Gasteiger partial charge in [-0.25, -0.2) is 8.42 Å². The fourth-order valence-corrected chi connectivity index (χ4v) is 3.60. The van der Waals surface area contributed by atoms with Crippen LogP contribution in [0.5, 0.6) is 5.75 Å². The zero-order valence-electron chi connectivity index (χ0n) is 13.1. The minimum Gasteiger partial charge on any atom is -0.489 e. The van der Waals surface area contributed by atoms with Gasteiger partial charge < -0.3 is 15.0 Å². The third-order valence-electron chi connectivity index (χ3n) is 3.57. The van der Waals surface area contributed by atoms with Crippen LogP contribution in [-0.4, -0.2) is 18.8 Å². The summed E-state index contributed by atoms with van der Waals surface area (Å²) in [5.74, 6) is 0.587. The van der Waals surface area contributed by atoms with Gasteiger partial charge in [0, 0.05) is 11.1 Å². The Kier molecular flexibility index (Phi) is 4.96. The first kappa shape index (κ1) is 17.3. The smallest absolute Gasteiger partial charge is 0.192 e. The largest absolute Gasteiger partial charge is 0.489 e. The van der Waals surface area contributed by atoms with Crippen molar-refractivity contribution < 1.29 is 17.7 Å². The number of halogens is 1. The van der Waals surface area contributed by atoms with Crippen LogP contribution in [0.1, 0.15) is 5.56 Å². The van der Waals surface area contributed by atoms with Crippen LogP contribution in [0.4, 0.5) is 5.69 Å². The Hall–Kier alpha value is -2.51. The molecule has 0 atom stereocenters. The summed E-state index contributed by atoms with van der Waals surface area (Å²) in [6.07, 6.45) is 1.37. The van der Waals surface area contributed by atoms with E-state index in [0.717, 1.165) is 5.56 Å². The van der Waals surface area contributed by atoms with E-state index in [4.69, 9.17) is 26.6 Å². The fourth-order valence-electron chi connectivity index (χ4n) is 2.32. The van der Waals surface area contributed by atoms with E-state index in [0.29, 0.717) is 22.7 Å². The summed E-state index contributed by atoms with van der Waals surface area (Å²) in [4.78, 5) is 0.178. The third kappa shape index (κ3) is 3.78. The van der Waals surface area contributed by atoms with Gasteiger partial charge in [-0.05, 0) is 30.3 Å². The molecule has 0 unspecified atom stereocenters. The predicted octanol–water partition coefficient (Wildman–Crippen LogP) is 3.47. The summed E-state index contributed by atoms with van der Waals surface area (Å²) in [5, 5.41) is 3.36. The average molecular weight is 379 g/mol. The number of hydrogen-bond acceptors (Lipinski definition) is 6. The second kappa shape index (κ2) is 7.16. The SMILES string of the molecule is Nc1conc1-c1ccc(OCc2ccccc2S(=O)(=O)CCl)cc1. The lowest BCUT2D eigenvalue weighted by Crippen LogP contribution is -2.08. The van der Waals surface area contributed by atoms with Crippen molar-refractivity contribution in [1.82, 2.24) is 5.16 Å². The molecule has 0 aliphatic heterocycles. The van der Waals surface area contributed by atoms with E-state index in [1.807, 2.05) is 0 Å². The second-order valence-corrected chi connectivity index (χ2v) is 7.81. The first-order valence-electron chi connectivity index (χ1n) is 7.31. The van der Waals surface area contributed by atoms with Crippen molar-refractivity contribution in [3.8, 4) is 17.0 Å². The minimum absolute atomic E-state index is 0.109. The van der Waals surface area contributed by atoms with Gasteiger partial charge in [-0.1, -0.05) is 23.4 Å². The van der Waals surface area contributed by atoms with Crippen molar-refractivity contribution in [2.75, 3.05) is 10.9 Å². The maximum absolute atomic E-state index is 12.0. The lowest BCUT2D eigenvalue weighted by Gasteiger charge is -2.11. The number of anilines is 1. The number of hydrogen-bond donors (Lipinski definition) is 1. The highest BCUT2D eigenvalue weighted by molar-refractivity contribution is 7.92. The Bertz CT molecular complexity index is 968. The number of sulfone groups is 1. The minimum atomic E-state index is -3.52. The number of nitrogens with zero attached hydrogens (tertiary/aromatic N) is 1. The molecule has 1 aromatic heterocycles. The van der Waals surface area contributed by atoms with Gasteiger partial charge in [0.15, 0.2) is 9.84 Å². The molecule has 1 heterocycles. The van der Waals surface area contributed by atoms with Crippen LogP contribution in [0.15, 0.2) is 64.2 Å². The third-order valence-corrected chi connectivity index (χ3v) is 5.79. The van der Waals surface area contributed by atoms with Gasteiger partial charge in [0.1, 0.15) is 35.2 Å². The van der Waals surface area contributed by atoms with Crippen LogP contribution in [0.3, 0.4) is 0 Å². The molecule has 0 saturated heterocycles. The number of nitrogen functional groups attached to an aromatic ring is 1. The molecule has 3 rings (SSSR count). The summed E-state index contributed by atoms with van der Waals surface area (Å²) >= 11 is 5.54. The van der Waals surface area contributed by atoms with Gasteiger partial charge in [-0.2, -0.15) is 0 Å². The quantitative estimate of drug-likeness (QED) is 0.660. The zero-order chi connectivity index (χ0) is 17.9. The Labute approximate surface area is 150 Å². The van der Waals surface area contributed by atoms with E-state index in [1.54, 1.807) is 42.5 Å². The van der Waals surface area contributed by atoms with Gasteiger partial charge in [-0.3, -0.25) is 0 Å². The Morgan fingerprint density at radius 3 is 2.48 bits per heavy atom. The molecule has 0 aliphatic rings. The first-order chi connectivity index (χ1) is 12.0. The van der Waals surface area contributed by atoms with Crippen molar-refractivity contribution in [3.63, 3.8) is 0 Å². The van der Waals surface area contributed by atoms with Crippen molar-refractivity contribution >= 4 is 27.1 Å². The van der Waals surface area contributed by atoms with Crippen LogP contribution in [0.25, 0.3) is 11.3 Å².